The smallest absolute Gasteiger partial charge is 0.312 e. The topological polar surface area (TPSA) is 104 Å². The number of hydrogen-bond donors (Lipinski definition) is 1. The van der Waals surface area contributed by atoms with Crippen molar-refractivity contribution < 1.29 is 24.2 Å². The lowest BCUT2D eigenvalue weighted by Gasteiger charge is -2.66. The number of nitriles is 1. The van der Waals surface area contributed by atoms with E-state index in [1.54, 1.807) is 6.08 Å². The maximum absolute atomic E-state index is 13.6. The minimum Gasteiger partial charge on any atom is -0.469 e. The highest BCUT2D eigenvalue weighted by Crippen LogP contribution is 2.71. The Morgan fingerprint density at radius 1 is 1.10 bits per heavy atom. The SMILES string of the molecule is COC(=O)[C@]1(CC[C@]2(C)CC(=O)C=C3[C@@]4(C)C(O)C(Br)(C#N)C(=O)C(C)(C)[C@@H]4CC[C@]32C)CCC(C)(C)CC1C. The van der Waals surface area contributed by atoms with E-state index in [1.807, 2.05) is 20.8 Å². The number of allylic oxidation sites excluding steroid dienone is 1. The molecule has 3 saturated carbocycles. The number of fused-ring (bicyclic) bond motifs is 3. The van der Waals surface area contributed by atoms with Crippen molar-refractivity contribution in [3.05, 3.63) is 11.6 Å². The van der Waals surface area contributed by atoms with Gasteiger partial charge >= 0.3 is 5.97 Å². The summed E-state index contributed by atoms with van der Waals surface area (Å²) in [4.78, 5) is 40.5. The molecule has 0 aromatic heterocycles. The Labute approximate surface area is 248 Å². The minimum atomic E-state index is -1.75. The molecule has 6 nitrogen and oxygen atoms in total. The van der Waals surface area contributed by atoms with Crippen LogP contribution in [0.2, 0.25) is 0 Å². The Bertz CT molecular complexity index is 1200. The molecule has 0 heterocycles. The van der Waals surface area contributed by atoms with Gasteiger partial charge in [-0.05, 0) is 79.1 Å². The molecule has 0 aromatic carbocycles. The first-order valence-electron chi connectivity index (χ1n) is 14.9. The van der Waals surface area contributed by atoms with E-state index in [-0.39, 0.29) is 34.8 Å². The number of nitrogens with zero attached hydrogens (tertiary/aromatic N) is 1. The largest absolute Gasteiger partial charge is 0.469 e. The highest BCUT2D eigenvalue weighted by atomic mass is 79.9. The van der Waals surface area contributed by atoms with E-state index in [9.17, 15) is 24.8 Å². The first-order chi connectivity index (χ1) is 18.2. The number of ketones is 2. The predicted molar refractivity (Wildman–Crippen MR) is 157 cm³/mol. The van der Waals surface area contributed by atoms with Gasteiger partial charge in [-0.2, -0.15) is 5.26 Å². The van der Waals surface area contributed by atoms with Crippen LogP contribution in [0, 0.1) is 55.7 Å². The van der Waals surface area contributed by atoms with Gasteiger partial charge in [0, 0.05) is 17.3 Å². The number of alkyl halides is 1. The molecule has 40 heavy (non-hydrogen) atoms. The molecule has 0 aliphatic heterocycles. The zero-order chi connectivity index (χ0) is 30.3. The van der Waals surface area contributed by atoms with Crippen LogP contribution in [0.1, 0.15) is 107 Å². The highest BCUT2D eigenvalue weighted by Gasteiger charge is 2.72. The van der Waals surface area contributed by atoms with Crippen molar-refractivity contribution in [3.63, 3.8) is 0 Å². The van der Waals surface area contributed by atoms with Crippen molar-refractivity contribution in [1.29, 1.82) is 5.26 Å². The molecule has 4 aliphatic rings. The molecule has 0 spiro atoms. The predicted octanol–water partition coefficient (Wildman–Crippen LogP) is 6.73. The summed E-state index contributed by atoms with van der Waals surface area (Å²) in [6, 6.07) is 2.09. The van der Waals surface area contributed by atoms with Crippen LogP contribution in [-0.2, 0) is 19.1 Å². The molecule has 8 atom stereocenters. The summed E-state index contributed by atoms with van der Waals surface area (Å²) >= 11 is 3.38. The van der Waals surface area contributed by atoms with Crippen LogP contribution in [-0.4, -0.2) is 40.2 Å². The summed E-state index contributed by atoms with van der Waals surface area (Å²) < 4.78 is 3.66. The number of ether oxygens (including phenoxy) is 1. The second-order valence-corrected chi connectivity index (χ2v) is 16.9. The molecule has 222 valence electrons. The summed E-state index contributed by atoms with van der Waals surface area (Å²) in [7, 11) is 1.47. The normalized spacial score (nSPS) is 46.0. The van der Waals surface area contributed by atoms with Gasteiger partial charge in [-0.15, -0.1) is 0 Å². The van der Waals surface area contributed by atoms with Gasteiger partial charge in [0.05, 0.1) is 24.7 Å². The highest BCUT2D eigenvalue weighted by molar-refractivity contribution is 9.10. The van der Waals surface area contributed by atoms with Gasteiger partial charge in [0.1, 0.15) is 0 Å². The number of carbonyl (C=O) groups is 3. The molecule has 0 aromatic rings. The molecule has 0 bridgehead atoms. The first kappa shape index (κ1) is 31.4. The third kappa shape index (κ3) is 4.05. The molecule has 7 heteroatoms. The summed E-state index contributed by atoms with van der Waals surface area (Å²) in [5, 5.41) is 22.0. The zero-order valence-electron chi connectivity index (χ0n) is 25.9. The van der Waals surface area contributed by atoms with Crippen molar-refractivity contribution in [3.8, 4) is 6.07 Å². The average molecular weight is 619 g/mol. The summed E-state index contributed by atoms with van der Waals surface area (Å²) in [5.41, 5.74) is -2.33. The molecule has 4 rings (SSSR count). The molecule has 0 saturated heterocycles. The lowest BCUT2D eigenvalue weighted by Crippen LogP contribution is -2.70. The van der Waals surface area contributed by atoms with Crippen molar-refractivity contribution in [2.75, 3.05) is 7.11 Å². The number of methoxy groups -OCH3 is 1. The molecule has 0 amide bonds. The number of rotatable bonds is 4. The van der Waals surface area contributed by atoms with Gasteiger partial charge in [-0.1, -0.05) is 76.9 Å². The zero-order valence-corrected chi connectivity index (χ0v) is 27.5. The third-order valence-corrected chi connectivity index (χ3v) is 13.7. The molecular weight excluding hydrogens is 570 g/mol. The van der Waals surface area contributed by atoms with E-state index in [4.69, 9.17) is 4.74 Å². The summed E-state index contributed by atoms with van der Waals surface area (Å²) in [6.45, 7) is 16.7. The van der Waals surface area contributed by atoms with Crippen LogP contribution >= 0.6 is 15.9 Å². The van der Waals surface area contributed by atoms with Crippen LogP contribution in [0.4, 0.5) is 0 Å². The van der Waals surface area contributed by atoms with Crippen LogP contribution in [0.3, 0.4) is 0 Å². The monoisotopic (exact) mass is 617 g/mol. The average Bonchev–Trinajstić information content (AvgIpc) is 2.87. The number of halogens is 1. The fourth-order valence-corrected chi connectivity index (χ4v) is 10.9. The Morgan fingerprint density at radius 3 is 2.27 bits per heavy atom. The molecule has 0 radical (unpaired) electrons. The first-order valence-corrected chi connectivity index (χ1v) is 15.7. The van der Waals surface area contributed by atoms with E-state index in [0.717, 1.165) is 31.3 Å². The second kappa shape index (κ2) is 9.49. The van der Waals surface area contributed by atoms with Crippen molar-refractivity contribution in [2.24, 2.45) is 44.3 Å². The fraction of sp³-hybridized carbons (Fsp3) is 0.818. The van der Waals surface area contributed by atoms with Crippen molar-refractivity contribution in [2.45, 2.75) is 117 Å². The van der Waals surface area contributed by atoms with Gasteiger partial charge in [0.25, 0.3) is 0 Å². The summed E-state index contributed by atoms with van der Waals surface area (Å²) in [6.07, 6.45) is 6.20. The Hall–Kier alpha value is -1.52. The molecular formula is C33H48BrNO5. The number of hydrogen-bond acceptors (Lipinski definition) is 6. The van der Waals surface area contributed by atoms with E-state index in [0.29, 0.717) is 25.7 Å². The van der Waals surface area contributed by atoms with Crippen LogP contribution in [0.25, 0.3) is 0 Å². The third-order valence-electron chi connectivity index (χ3n) is 12.7. The minimum absolute atomic E-state index is 0.000769. The van der Waals surface area contributed by atoms with E-state index in [1.165, 1.54) is 7.11 Å². The van der Waals surface area contributed by atoms with Gasteiger partial charge in [-0.25, -0.2) is 0 Å². The van der Waals surface area contributed by atoms with Crippen LogP contribution in [0.5, 0.6) is 0 Å². The van der Waals surface area contributed by atoms with Gasteiger partial charge < -0.3 is 9.84 Å². The standard InChI is InChI=1S/C33H48BrNO5/c1-20-17-27(2,3)12-14-32(20,26(39)40-9)15-13-29(6)18-21(36)16-23-30(29,7)11-10-22-28(4,5)24(37)33(34,19-35)25(38)31(22,23)8/h16,20,22,25,38H,10-15,17-18H2,1-9H3/t20?,22-,25?,29+,30+,31-,32-,33?/m0/s1. The second-order valence-electron chi connectivity index (χ2n) is 15.7. The quantitative estimate of drug-likeness (QED) is 0.277. The van der Waals surface area contributed by atoms with Gasteiger partial charge in [0.15, 0.2) is 15.9 Å². The van der Waals surface area contributed by atoms with E-state index in [2.05, 4.69) is 56.6 Å². The maximum Gasteiger partial charge on any atom is 0.312 e. The number of carbonyl (C=O) groups excluding carboxylic acids is 3. The van der Waals surface area contributed by atoms with Gasteiger partial charge in [-0.3, -0.25) is 14.4 Å². The van der Waals surface area contributed by atoms with E-state index < -0.39 is 37.5 Å². The lowest BCUT2D eigenvalue weighted by molar-refractivity contribution is -0.167. The Balaban J connectivity index is 1.78. The van der Waals surface area contributed by atoms with E-state index >= 15 is 0 Å². The maximum atomic E-state index is 13.6. The molecule has 4 aliphatic carbocycles. The number of aliphatic hydroxyl groups excluding tert-OH is 1. The van der Waals surface area contributed by atoms with Crippen molar-refractivity contribution >= 4 is 33.5 Å². The molecule has 1 N–H and O–H groups in total. The lowest BCUT2D eigenvalue weighted by atomic mass is 9.37. The van der Waals surface area contributed by atoms with Crippen molar-refractivity contribution in [1.82, 2.24) is 0 Å². The summed E-state index contributed by atoms with van der Waals surface area (Å²) in [5.74, 6) is -0.530. The number of Topliss-reactive ketones (excluding diaryl/α,β-unsaturated/α-hetero) is 1. The van der Waals surface area contributed by atoms with Crippen LogP contribution < -0.4 is 0 Å². The fourth-order valence-electron chi connectivity index (χ4n) is 9.89. The Morgan fingerprint density at radius 2 is 1.73 bits per heavy atom. The number of aliphatic hydroxyl groups is 1. The Kier molecular flexibility index (Phi) is 7.46. The number of esters is 1. The molecule has 3 fully saturated rings. The van der Waals surface area contributed by atoms with Crippen LogP contribution in [0.15, 0.2) is 11.6 Å². The van der Waals surface area contributed by atoms with Gasteiger partial charge in [0.2, 0.25) is 0 Å². The molecule has 3 unspecified atom stereocenters.